The molecule has 15 rings (SSSR count). The van der Waals surface area contributed by atoms with E-state index in [1.807, 2.05) is 18.2 Å². The predicted molar refractivity (Wildman–Crippen MR) is 310 cm³/mol. The van der Waals surface area contributed by atoms with Gasteiger partial charge in [-0.1, -0.05) is 218 Å². The highest BCUT2D eigenvalue weighted by Gasteiger charge is 2.28. The van der Waals surface area contributed by atoms with E-state index in [9.17, 15) is 0 Å². The Morgan fingerprint density at radius 2 is 0.627 bits per heavy atom. The van der Waals surface area contributed by atoms with Gasteiger partial charge in [0.15, 0.2) is 11.6 Å². The first-order valence-electron chi connectivity index (χ1n) is 25.4. The molecule has 0 radical (unpaired) electrons. The topological polar surface area (TPSA) is 53.5 Å². The van der Waals surface area contributed by atoms with Crippen LogP contribution in [0.15, 0.2) is 267 Å². The zero-order chi connectivity index (χ0) is 49.4. The number of hydrogen-bond acceptors (Lipinski definition) is 3. The molecule has 0 unspecified atom stereocenters. The smallest absolute Gasteiger partial charge is 0.238 e. The number of nitrogens with zero attached hydrogens (tertiary/aromatic N) is 6. The van der Waals surface area contributed by atoms with Crippen molar-refractivity contribution >= 4 is 65.4 Å². The van der Waals surface area contributed by atoms with Crippen LogP contribution in [0.1, 0.15) is 0 Å². The van der Waals surface area contributed by atoms with Gasteiger partial charge < -0.3 is 9.13 Å². The van der Waals surface area contributed by atoms with E-state index in [1.165, 1.54) is 27.5 Å². The van der Waals surface area contributed by atoms with Crippen molar-refractivity contribution in [1.82, 2.24) is 28.7 Å². The van der Waals surface area contributed by atoms with Crippen LogP contribution in [0.2, 0.25) is 0 Å². The van der Waals surface area contributed by atoms with Gasteiger partial charge in [0.05, 0.1) is 38.8 Å². The second-order valence-corrected chi connectivity index (χ2v) is 19.2. The van der Waals surface area contributed by atoms with Crippen LogP contribution in [0.3, 0.4) is 0 Å². The van der Waals surface area contributed by atoms with Crippen LogP contribution in [0.25, 0.3) is 139 Å². The lowest BCUT2D eigenvalue weighted by atomic mass is 9.98. The Kier molecular flexibility index (Phi) is 9.78. The van der Waals surface area contributed by atoms with Gasteiger partial charge in [-0.15, -0.1) is 0 Å². The Morgan fingerprint density at radius 1 is 0.240 bits per heavy atom. The van der Waals surface area contributed by atoms with Crippen LogP contribution in [-0.2, 0) is 0 Å². The summed E-state index contributed by atoms with van der Waals surface area (Å²) in [5.74, 6) is 1.70. The lowest BCUT2D eigenvalue weighted by Gasteiger charge is -2.16. The summed E-state index contributed by atoms with van der Waals surface area (Å²) in [6, 6.07) is 95.2. The second kappa shape index (κ2) is 17.3. The maximum absolute atomic E-state index is 5.55. The molecule has 11 aromatic carbocycles. The van der Waals surface area contributed by atoms with E-state index in [1.54, 1.807) is 0 Å². The van der Waals surface area contributed by atoms with Crippen LogP contribution in [0.5, 0.6) is 0 Å². The first kappa shape index (κ1) is 42.5. The molecule has 6 heteroatoms. The minimum atomic E-state index is 0.529. The highest BCUT2D eigenvalue weighted by Crippen LogP contribution is 2.46. The average Bonchev–Trinajstić information content (AvgIpc) is 4.19. The number of para-hydroxylation sites is 4. The maximum atomic E-state index is 5.55. The molecular formula is C69H44N6. The molecule has 0 aliphatic heterocycles. The normalized spacial score (nSPS) is 11.7. The van der Waals surface area contributed by atoms with E-state index in [2.05, 4.69) is 262 Å². The van der Waals surface area contributed by atoms with Gasteiger partial charge in [0, 0.05) is 49.1 Å². The molecule has 0 fully saturated rings. The van der Waals surface area contributed by atoms with E-state index >= 15 is 0 Å². The number of fused-ring (bicyclic) bond motifs is 10. The molecule has 4 aromatic heterocycles. The van der Waals surface area contributed by atoms with Crippen molar-refractivity contribution in [3.05, 3.63) is 267 Å². The van der Waals surface area contributed by atoms with Crippen molar-refractivity contribution in [3.8, 4) is 73.5 Å². The molecule has 0 spiro atoms. The quantitative estimate of drug-likeness (QED) is 0.152. The van der Waals surface area contributed by atoms with E-state index in [-0.39, 0.29) is 0 Å². The Morgan fingerprint density at radius 3 is 1.20 bits per heavy atom. The molecule has 0 aliphatic carbocycles. The number of benzene rings is 11. The zero-order valence-electron chi connectivity index (χ0n) is 40.6. The molecule has 0 N–H and O–H groups in total. The molecular weight excluding hydrogens is 913 g/mol. The van der Waals surface area contributed by atoms with Gasteiger partial charge in [0.2, 0.25) is 5.95 Å². The van der Waals surface area contributed by atoms with E-state index < -0.39 is 0 Å². The van der Waals surface area contributed by atoms with E-state index in [0.29, 0.717) is 17.6 Å². The van der Waals surface area contributed by atoms with Crippen molar-refractivity contribution in [2.45, 2.75) is 0 Å². The third-order valence-electron chi connectivity index (χ3n) is 14.9. The second-order valence-electron chi connectivity index (χ2n) is 19.2. The summed E-state index contributed by atoms with van der Waals surface area (Å²) in [6.07, 6.45) is 0. The standard InChI is InChI=1S/C69H44N6/c1-4-19-45(20-5-1)47-39-41-53(42-40-47)73-59-31-14-12-29-56(59)58-44-63(74-60-32-15-10-27-54(60)55-28-11-16-33-61(55)74)64-57-30-13-17-34-62(57)75(66(64)65(58)73)69-71-67(49-23-8-3-9-24-49)70-68(72-69)50-37-35-48(36-38-50)52-26-18-25-51(43-52)46-21-6-2-7-22-46/h1-44H. The fourth-order valence-corrected chi connectivity index (χ4v) is 11.5. The summed E-state index contributed by atoms with van der Waals surface area (Å²) >= 11 is 0. The summed E-state index contributed by atoms with van der Waals surface area (Å²) < 4.78 is 7.22. The Balaban J connectivity index is 1.04. The first-order chi connectivity index (χ1) is 37.2. The summed E-state index contributed by atoms with van der Waals surface area (Å²) in [5, 5.41) is 6.87. The van der Waals surface area contributed by atoms with Gasteiger partial charge in [-0.2, -0.15) is 9.97 Å². The largest absolute Gasteiger partial charge is 0.309 e. The molecule has 6 nitrogen and oxygen atoms in total. The number of rotatable bonds is 8. The van der Waals surface area contributed by atoms with Gasteiger partial charge in [-0.3, -0.25) is 4.57 Å². The van der Waals surface area contributed by atoms with Gasteiger partial charge in [-0.05, 0) is 81.9 Å². The summed E-state index contributed by atoms with van der Waals surface area (Å²) in [4.78, 5) is 16.3. The summed E-state index contributed by atoms with van der Waals surface area (Å²) in [6.45, 7) is 0. The molecule has 0 bridgehead atoms. The van der Waals surface area contributed by atoms with Crippen molar-refractivity contribution in [2.75, 3.05) is 0 Å². The van der Waals surface area contributed by atoms with E-state index in [0.717, 1.165) is 93.8 Å². The third kappa shape index (κ3) is 6.92. The zero-order valence-corrected chi connectivity index (χ0v) is 40.6. The fraction of sp³-hybridized carbons (Fsp3) is 0. The van der Waals surface area contributed by atoms with E-state index in [4.69, 9.17) is 15.0 Å². The minimum Gasteiger partial charge on any atom is -0.309 e. The fourth-order valence-electron chi connectivity index (χ4n) is 11.5. The van der Waals surface area contributed by atoms with Crippen LogP contribution >= 0.6 is 0 Å². The summed E-state index contributed by atoms with van der Waals surface area (Å²) in [7, 11) is 0. The molecule has 0 atom stereocenters. The monoisotopic (exact) mass is 956 g/mol. The van der Waals surface area contributed by atoms with Gasteiger partial charge in [-0.25, -0.2) is 4.98 Å². The molecule has 0 aliphatic rings. The number of hydrogen-bond donors (Lipinski definition) is 0. The molecule has 0 saturated heterocycles. The SMILES string of the molecule is c1ccc(-c2ccc(-n3c4ccccc4c4cc(-n5c6ccccc6c6ccccc65)c5c6ccccc6n(-c6nc(-c7ccccc7)nc(-c7ccc(-c8cccc(-c9ccccc9)c8)cc7)n6)c5c43)cc2)cc1. The molecule has 350 valence electrons. The lowest BCUT2D eigenvalue weighted by Crippen LogP contribution is -2.07. The van der Waals surface area contributed by atoms with Crippen LogP contribution in [-0.4, -0.2) is 28.7 Å². The Labute approximate surface area is 432 Å². The predicted octanol–water partition coefficient (Wildman–Crippen LogP) is 17.5. The number of aromatic nitrogens is 6. The lowest BCUT2D eigenvalue weighted by molar-refractivity contribution is 0.953. The van der Waals surface area contributed by atoms with Crippen molar-refractivity contribution in [3.63, 3.8) is 0 Å². The van der Waals surface area contributed by atoms with Gasteiger partial charge in [0.25, 0.3) is 0 Å². The van der Waals surface area contributed by atoms with Gasteiger partial charge in [0.1, 0.15) is 0 Å². The molecule has 0 saturated carbocycles. The van der Waals surface area contributed by atoms with Crippen LogP contribution in [0, 0.1) is 0 Å². The van der Waals surface area contributed by atoms with Crippen molar-refractivity contribution < 1.29 is 0 Å². The molecule has 4 heterocycles. The van der Waals surface area contributed by atoms with Crippen molar-refractivity contribution in [2.24, 2.45) is 0 Å². The first-order valence-corrected chi connectivity index (χ1v) is 25.4. The summed E-state index contributed by atoms with van der Waals surface area (Å²) in [5.41, 5.74) is 17.3. The van der Waals surface area contributed by atoms with Crippen LogP contribution < -0.4 is 0 Å². The molecule has 15 aromatic rings. The molecule has 0 amide bonds. The third-order valence-corrected chi connectivity index (χ3v) is 14.9. The highest BCUT2D eigenvalue weighted by molar-refractivity contribution is 6.27. The van der Waals surface area contributed by atoms with Crippen LogP contribution in [0.4, 0.5) is 0 Å². The molecule has 75 heavy (non-hydrogen) atoms. The Bertz CT molecular complexity index is 4610. The minimum absolute atomic E-state index is 0.529. The maximum Gasteiger partial charge on any atom is 0.238 e. The highest BCUT2D eigenvalue weighted by atomic mass is 15.2. The van der Waals surface area contributed by atoms with Gasteiger partial charge >= 0.3 is 0 Å². The Hall–Kier alpha value is -10.2. The van der Waals surface area contributed by atoms with Crippen molar-refractivity contribution in [1.29, 1.82) is 0 Å². The average molecular weight is 957 g/mol.